The standard InChI is InChI=1S/C29H32BrClN2O2S/c1-21(2)17-32-29(35)27(16-22-7-4-3-5-8-22)33(18-24-9-6-10-25(30)15-24)28(34)20-36-19-23-11-13-26(31)14-12-23/h3-15,21,27H,16-20H2,1-2H3,(H,32,35)/t27-/m0/s1. The molecule has 0 aliphatic heterocycles. The van der Waals surface area contributed by atoms with Gasteiger partial charge < -0.3 is 10.2 Å². The van der Waals surface area contributed by atoms with Gasteiger partial charge in [-0.3, -0.25) is 9.59 Å². The largest absolute Gasteiger partial charge is 0.354 e. The Hall–Kier alpha value is -2.28. The number of hydrogen-bond acceptors (Lipinski definition) is 3. The van der Waals surface area contributed by atoms with Gasteiger partial charge in [-0.2, -0.15) is 0 Å². The summed E-state index contributed by atoms with van der Waals surface area (Å²) in [5.74, 6) is 1.10. The van der Waals surface area contributed by atoms with E-state index in [0.29, 0.717) is 36.2 Å². The Kier molecular flexibility index (Phi) is 11.4. The lowest BCUT2D eigenvalue weighted by Crippen LogP contribution is -2.51. The lowest BCUT2D eigenvalue weighted by molar-refractivity contribution is -0.139. The Labute approximate surface area is 231 Å². The maximum absolute atomic E-state index is 13.6. The van der Waals surface area contributed by atoms with Crippen LogP contribution in [0.2, 0.25) is 5.02 Å². The normalized spacial score (nSPS) is 11.8. The van der Waals surface area contributed by atoms with E-state index in [0.717, 1.165) is 21.2 Å². The lowest BCUT2D eigenvalue weighted by atomic mass is 10.0. The third-order valence-electron chi connectivity index (χ3n) is 5.61. The number of carbonyl (C=O) groups is 2. The van der Waals surface area contributed by atoms with E-state index in [1.54, 1.807) is 16.7 Å². The number of halogens is 2. The number of hydrogen-bond donors (Lipinski definition) is 1. The summed E-state index contributed by atoms with van der Waals surface area (Å²) < 4.78 is 0.938. The lowest BCUT2D eigenvalue weighted by Gasteiger charge is -2.32. The van der Waals surface area contributed by atoms with Crippen molar-refractivity contribution < 1.29 is 9.59 Å². The van der Waals surface area contributed by atoms with Gasteiger partial charge in [-0.05, 0) is 46.9 Å². The van der Waals surface area contributed by atoms with Crippen LogP contribution in [-0.2, 0) is 28.3 Å². The van der Waals surface area contributed by atoms with E-state index < -0.39 is 6.04 Å². The number of nitrogens with zero attached hydrogens (tertiary/aromatic N) is 1. The molecule has 0 aliphatic rings. The Bertz CT molecular complexity index is 1130. The van der Waals surface area contributed by atoms with Crippen molar-refractivity contribution in [3.05, 3.63) is 105 Å². The predicted molar refractivity (Wildman–Crippen MR) is 154 cm³/mol. The second-order valence-corrected chi connectivity index (χ2v) is 11.5. The molecule has 0 saturated carbocycles. The molecule has 3 rings (SSSR count). The first kappa shape index (κ1) is 28.3. The molecule has 0 unspecified atom stereocenters. The second kappa shape index (κ2) is 14.5. The summed E-state index contributed by atoms with van der Waals surface area (Å²) in [7, 11) is 0. The van der Waals surface area contributed by atoms with Crippen LogP contribution in [0.4, 0.5) is 0 Å². The van der Waals surface area contributed by atoms with Gasteiger partial charge >= 0.3 is 0 Å². The van der Waals surface area contributed by atoms with Gasteiger partial charge in [-0.1, -0.05) is 96.0 Å². The molecular weight excluding hydrogens is 556 g/mol. The number of amides is 2. The molecule has 36 heavy (non-hydrogen) atoms. The first-order valence-electron chi connectivity index (χ1n) is 12.0. The van der Waals surface area contributed by atoms with Crippen molar-refractivity contribution in [3.63, 3.8) is 0 Å². The van der Waals surface area contributed by atoms with Crippen LogP contribution in [0.1, 0.15) is 30.5 Å². The monoisotopic (exact) mass is 586 g/mol. The summed E-state index contributed by atoms with van der Waals surface area (Å²) in [6, 6.07) is 24.8. The van der Waals surface area contributed by atoms with Gasteiger partial charge in [-0.15, -0.1) is 11.8 Å². The van der Waals surface area contributed by atoms with Crippen molar-refractivity contribution >= 4 is 51.1 Å². The Balaban J connectivity index is 1.83. The van der Waals surface area contributed by atoms with E-state index in [2.05, 4.69) is 35.1 Å². The second-order valence-electron chi connectivity index (χ2n) is 9.12. The predicted octanol–water partition coefficient (Wildman–Crippen LogP) is 6.75. The smallest absolute Gasteiger partial charge is 0.243 e. The van der Waals surface area contributed by atoms with E-state index >= 15 is 0 Å². The summed E-state index contributed by atoms with van der Waals surface area (Å²) in [6.45, 7) is 5.04. The molecule has 2 amide bonds. The number of nitrogens with one attached hydrogen (secondary N) is 1. The third-order valence-corrected chi connectivity index (χ3v) is 7.34. The van der Waals surface area contributed by atoms with Gasteiger partial charge in [0.05, 0.1) is 5.75 Å². The van der Waals surface area contributed by atoms with E-state index in [9.17, 15) is 9.59 Å². The molecule has 1 N–H and O–H groups in total. The van der Waals surface area contributed by atoms with Crippen LogP contribution in [-0.4, -0.2) is 35.1 Å². The quantitative estimate of drug-likeness (QED) is 0.255. The van der Waals surface area contributed by atoms with Crippen molar-refractivity contribution in [1.82, 2.24) is 10.2 Å². The Morgan fingerprint density at radius 3 is 2.31 bits per heavy atom. The van der Waals surface area contributed by atoms with E-state index in [1.807, 2.05) is 78.9 Å². The minimum Gasteiger partial charge on any atom is -0.354 e. The first-order chi connectivity index (χ1) is 17.3. The molecule has 0 aliphatic carbocycles. The van der Waals surface area contributed by atoms with Crippen molar-refractivity contribution in [1.29, 1.82) is 0 Å². The molecule has 7 heteroatoms. The Morgan fingerprint density at radius 2 is 1.64 bits per heavy atom. The zero-order valence-corrected chi connectivity index (χ0v) is 23.8. The highest BCUT2D eigenvalue weighted by atomic mass is 79.9. The van der Waals surface area contributed by atoms with Crippen molar-refractivity contribution in [3.8, 4) is 0 Å². The molecule has 1 atom stereocenters. The molecule has 4 nitrogen and oxygen atoms in total. The van der Waals surface area contributed by atoms with Crippen molar-refractivity contribution in [2.45, 2.75) is 38.6 Å². The fourth-order valence-corrected chi connectivity index (χ4v) is 5.17. The SMILES string of the molecule is CC(C)CNC(=O)[C@H](Cc1ccccc1)N(Cc1cccc(Br)c1)C(=O)CSCc1ccc(Cl)cc1. The zero-order chi connectivity index (χ0) is 25.9. The highest BCUT2D eigenvalue weighted by Gasteiger charge is 2.30. The summed E-state index contributed by atoms with van der Waals surface area (Å²) in [5.41, 5.74) is 3.09. The van der Waals surface area contributed by atoms with Gasteiger partial charge in [0, 0.05) is 34.8 Å². The number of carbonyl (C=O) groups excluding carboxylic acids is 2. The van der Waals surface area contributed by atoms with Crippen LogP contribution in [0, 0.1) is 5.92 Å². The molecule has 3 aromatic carbocycles. The summed E-state index contributed by atoms with van der Waals surface area (Å²) in [4.78, 5) is 28.8. The molecule has 0 spiro atoms. The van der Waals surface area contributed by atoms with Gasteiger partial charge in [0.25, 0.3) is 0 Å². The highest BCUT2D eigenvalue weighted by molar-refractivity contribution is 9.10. The maximum atomic E-state index is 13.6. The fraction of sp³-hybridized carbons (Fsp3) is 0.310. The molecule has 0 bridgehead atoms. The average Bonchev–Trinajstić information content (AvgIpc) is 2.86. The number of rotatable bonds is 12. The number of thioether (sulfide) groups is 1. The van der Waals surface area contributed by atoms with Gasteiger partial charge in [0.15, 0.2) is 0 Å². The van der Waals surface area contributed by atoms with Crippen LogP contribution < -0.4 is 5.32 Å². The highest BCUT2D eigenvalue weighted by Crippen LogP contribution is 2.21. The van der Waals surface area contributed by atoms with Crippen LogP contribution in [0.3, 0.4) is 0 Å². The summed E-state index contributed by atoms with van der Waals surface area (Å²) in [5, 5.41) is 3.75. The fourth-order valence-electron chi connectivity index (χ4n) is 3.73. The van der Waals surface area contributed by atoms with Gasteiger partial charge in [0.2, 0.25) is 11.8 Å². The zero-order valence-electron chi connectivity index (χ0n) is 20.6. The molecular formula is C29H32BrClN2O2S. The van der Waals surface area contributed by atoms with Gasteiger partial charge in [0.1, 0.15) is 6.04 Å². The van der Waals surface area contributed by atoms with Crippen LogP contribution in [0.15, 0.2) is 83.3 Å². The first-order valence-corrected chi connectivity index (χ1v) is 14.3. The van der Waals surface area contributed by atoms with Crippen LogP contribution in [0.5, 0.6) is 0 Å². The minimum atomic E-state index is -0.617. The Morgan fingerprint density at radius 1 is 0.944 bits per heavy atom. The molecule has 0 aromatic heterocycles. The van der Waals surface area contributed by atoms with Crippen LogP contribution >= 0.6 is 39.3 Å². The third kappa shape index (κ3) is 9.30. The van der Waals surface area contributed by atoms with E-state index in [-0.39, 0.29) is 17.6 Å². The maximum Gasteiger partial charge on any atom is 0.243 e. The van der Waals surface area contributed by atoms with Crippen molar-refractivity contribution in [2.75, 3.05) is 12.3 Å². The molecule has 190 valence electrons. The molecule has 3 aromatic rings. The topological polar surface area (TPSA) is 49.4 Å². The van der Waals surface area contributed by atoms with E-state index in [4.69, 9.17) is 11.6 Å². The molecule has 0 fully saturated rings. The molecule has 0 saturated heterocycles. The minimum absolute atomic E-state index is 0.0606. The van der Waals surface area contributed by atoms with Crippen LogP contribution in [0.25, 0.3) is 0 Å². The van der Waals surface area contributed by atoms with Crippen molar-refractivity contribution in [2.24, 2.45) is 5.92 Å². The number of benzene rings is 3. The molecule has 0 radical (unpaired) electrons. The molecule has 0 heterocycles. The average molecular weight is 588 g/mol. The summed E-state index contributed by atoms with van der Waals surface area (Å²) >= 11 is 11.1. The van der Waals surface area contributed by atoms with E-state index in [1.165, 1.54) is 0 Å². The van der Waals surface area contributed by atoms with Gasteiger partial charge in [-0.25, -0.2) is 0 Å². The summed E-state index contributed by atoms with van der Waals surface area (Å²) in [6.07, 6.45) is 0.451.